The average Bonchev–Trinajstić information content (AvgIpc) is 1.85. The maximum absolute atomic E-state index is 10.6. The number of likely N-dealkylation sites (N-methyl/N-ethyl adjacent to an activating group) is 1. The molecular weight excluding hydrogens is 114 g/mol. The third-order valence-electron chi connectivity index (χ3n) is 0.856. The van der Waals surface area contributed by atoms with Crippen LogP contribution in [0.15, 0.2) is 12.2 Å². The highest BCUT2D eigenvalue weighted by atomic mass is 16.1. The third-order valence-corrected chi connectivity index (χ3v) is 0.856. The molecule has 0 heterocycles. The zero-order valence-electron chi connectivity index (χ0n) is 5.98. The predicted octanol–water partition coefficient (Wildman–Crippen LogP) is 1.09. The molecule has 0 rings (SSSR count). The molecule has 1 amide bonds. The number of carbonyl (C=O) groups is 1. The second-order valence-electron chi connectivity index (χ2n) is 1.71. The SMILES string of the molecule is CCC=CC(=O)NCC. The molecule has 0 aliphatic carbocycles. The molecule has 0 aliphatic rings. The Morgan fingerprint density at radius 2 is 2.22 bits per heavy atom. The van der Waals surface area contributed by atoms with E-state index in [4.69, 9.17) is 0 Å². The molecule has 0 saturated carbocycles. The van der Waals surface area contributed by atoms with Gasteiger partial charge in [0, 0.05) is 6.54 Å². The molecule has 0 aromatic heterocycles. The highest BCUT2D eigenvalue weighted by Crippen LogP contribution is 1.78. The summed E-state index contributed by atoms with van der Waals surface area (Å²) < 4.78 is 0. The van der Waals surface area contributed by atoms with E-state index in [1.165, 1.54) is 0 Å². The summed E-state index contributed by atoms with van der Waals surface area (Å²) in [6.45, 7) is 4.60. The van der Waals surface area contributed by atoms with Crippen molar-refractivity contribution in [2.45, 2.75) is 20.3 Å². The number of rotatable bonds is 3. The van der Waals surface area contributed by atoms with Gasteiger partial charge in [0.25, 0.3) is 0 Å². The first-order valence-electron chi connectivity index (χ1n) is 3.25. The summed E-state index contributed by atoms with van der Waals surface area (Å²) in [5, 5.41) is 2.65. The molecule has 2 nitrogen and oxygen atoms in total. The summed E-state index contributed by atoms with van der Waals surface area (Å²) in [5.41, 5.74) is 0. The second-order valence-corrected chi connectivity index (χ2v) is 1.71. The minimum atomic E-state index is -0.000602. The summed E-state index contributed by atoms with van der Waals surface area (Å²) in [4.78, 5) is 10.6. The highest BCUT2D eigenvalue weighted by molar-refractivity contribution is 5.87. The zero-order chi connectivity index (χ0) is 7.11. The molecular formula is C7H13NO. The van der Waals surface area contributed by atoms with E-state index in [0.29, 0.717) is 6.54 Å². The molecule has 0 unspecified atom stereocenters. The lowest BCUT2D eigenvalue weighted by molar-refractivity contribution is -0.116. The Balaban J connectivity index is 3.37. The Morgan fingerprint density at radius 1 is 1.56 bits per heavy atom. The molecule has 52 valence electrons. The molecule has 2 heteroatoms. The first kappa shape index (κ1) is 8.21. The average molecular weight is 127 g/mol. The van der Waals surface area contributed by atoms with Gasteiger partial charge in [-0.3, -0.25) is 4.79 Å². The van der Waals surface area contributed by atoms with E-state index >= 15 is 0 Å². The van der Waals surface area contributed by atoms with Crippen molar-refractivity contribution in [1.29, 1.82) is 0 Å². The molecule has 1 N–H and O–H groups in total. The number of amides is 1. The van der Waals surface area contributed by atoms with Crippen LogP contribution in [0.3, 0.4) is 0 Å². The Morgan fingerprint density at radius 3 is 2.67 bits per heavy atom. The largest absolute Gasteiger partial charge is 0.353 e. The van der Waals surface area contributed by atoms with Crippen LogP contribution in [0.1, 0.15) is 20.3 Å². The number of allylic oxidation sites excluding steroid dienone is 1. The van der Waals surface area contributed by atoms with Crippen LogP contribution in [0.5, 0.6) is 0 Å². The van der Waals surface area contributed by atoms with Gasteiger partial charge in [-0.25, -0.2) is 0 Å². The Hall–Kier alpha value is -0.790. The number of hydrogen-bond acceptors (Lipinski definition) is 1. The topological polar surface area (TPSA) is 29.1 Å². The normalized spacial score (nSPS) is 10.0. The number of carbonyl (C=O) groups excluding carboxylic acids is 1. The van der Waals surface area contributed by atoms with Crippen LogP contribution < -0.4 is 5.32 Å². The minimum Gasteiger partial charge on any atom is -0.353 e. The fraction of sp³-hybridized carbons (Fsp3) is 0.571. The summed E-state index contributed by atoms with van der Waals surface area (Å²) in [6.07, 6.45) is 4.31. The predicted molar refractivity (Wildman–Crippen MR) is 38.1 cm³/mol. The van der Waals surface area contributed by atoms with Crippen molar-refractivity contribution in [3.8, 4) is 0 Å². The van der Waals surface area contributed by atoms with Gasteiger partial charge in [-0.15, -0.1) is 0 Å². The van der Waals surface area contributed by atoms with Crippen molar-refractivity contribution in [3.05, 3.63) is 12.2 Å². The number of nitrogens with one attached hydrogen (secondary N) is 1. The molecule has 9 heavy (non-hydrogen) atoms. The highest BCUT2D eigenvalue weighted by Gasteiger charge is 1.86. The van der Waals surface area contributed by atoms with Crippen LogP contribution in [-0.4, -0.2) is 12.5 Å². The van der Waals surface area contributed by atoms with Crippen molar-refractivity contribution in [3.63, 3.8) is 0 Å². The summed E-state index contributed by atoms with van der Waals surface area (Å²) in [5.74, 6) is -0.000602. The van der Waals surface area contributed by atoms with Gasteiger partial charge in [0.15, 0.2) is 0 Å². The lowest BCUT2D eigenvalue weighted by Gasteiger charge is -1.92. The Kier molecular flexibility index (Phi) is 4.88. The quantitative estimate of drug-likeness (QED) is 0.565. The van der Waals surface area contributed by atoms with Crippen molar-refractivity contribution < 1.29 is 4.79 Å². The van der Waals surface area contributed by atoms with E-state index in [1.54, 1.807) is 6.08 Å². The van der Waals surface area contributed by atoms with Crippen molar-refractivity contribution in [2.75, 3.05) is 6.54 Å². The smallest absolute Gasteiger partial charge is 0.243 e. The van der Waals surface area contributed by atoms with E-state index in [-0.39, 0.29) is 5.91 Å². The van der Waals surface area contributed by atoms with Gasteiger partial charge < -0.3 is 5.32 Å². The van der Waals surface area contributed by atoms with Crippen LogP contribution in [0, 0.1) is 0 Å². The fourth-order valence-corrected chi connectivity index (χ4v) is 0.458. The summed E-state index contributed by atoms with van der Waals surface area (Å²) in [6, 6.07) is 0. The molecule has 0 atom stereocenters. The summed E-state index contributed by atoms with van der Waals surface area (Å²) >= 11 is 0. The maximum atomic E-state index is 10.6. The molecule has 0 aromatic carbocycles. The van der Waals surface area contributed by atoms with Crippen molar-refractivity contribution >= 4 is 5.91 Å². The molecule has 0 spiro atoms. The van der Waals surface area contributed by atoms with Crippen LogP contribution in [-0.2, 0) is 4.79 Å². The Labute approximate surface area is 56.0 Å². The van der Waals surface area contributed by atoms with Crippen LogP contribution in [0.25, 0.3) is 0 Å². The van der Waals surface area contributed by atoms with Crippen molar-refractivity contribution in [1.82, 2.24) is 5.32 Å². The van der Waals surface area contributed by atoms with Gasteiger partial charge >= 0.3 is 0 Å². The lowest BCUT2D eigenvalue weighted by atomic mass is 10.4. The second kappa shape index (κ2) is 5.35. The van der Waals surface area contributed by atoms with Gasteiger partial charge in [0.1, 0.15) is 0 Å². The molecule has 0 bridgehead atoms. The fourth-order valence-electron chi connectivity index (χ4n) is 0.458. The number of hydrogen-bond donors (Lipinski definition) is 1. The molecule has 0 aromatic rings. The molecule has 0 fully saturated rings. The van der Waals surface area contributed by atoms with E-state index in [9.17, 15) is 4.79 Å². The molecule has 0 aliphatic heterocycles. The van der Waals surface area contributed by atoms with Gasteiger partial charge in [0.05, 0.1) is 0 Å². The first-order valence-corrected chi connectivity index (χ1v) is 3.25. The van der Waals surface area contributed by atoms with E-state index in [1.807, 2.05) is 19.9 Å². The Bertz CT molecular complexity index is 107. The van der Waals surface area contributed by atoms with E-state index in [0.717, 1.165) is 6.42 Å². The van der Waals surface area contributed by atoms with Crippen molar-refractivity contribution in [2.24, 2.45) is 0 Å². The molecule has 0 radical (unpaired) electrons. The first-order chi connectivity index (χ1) is 4.31. The minimum absolute atomic E-state index is 0.000602. The lowest BCUT2D eigenvalue weighted by Crippen LogP contribution is -2.19. The standard InChI is InChI=1S/C7H13NO/c1-3-5-6-7(9)8-4-2/h5-6H,3-4H2,1-2H3,(H,8,9). The maximum Gasteiger partial charge on any atom is 0.243 e. The molecule has 0 saturated heterocycles. The van der Waals surface area contributed by atoms with Crippen LogP contribution in [0.2, 0.25) is 0 Å². The van der Waals surface area contributed by atoms with Crippen LogP contribution in [0.4, 0.5) is 0 Å². The third kappa shape index (κ3) is 5.07. The van der Waals surface area contributed by atoms with E-state index in [2.05, 4.69) is 5.32 Å². The van der Waals surface area contributed by atoms with Gasteiger partial charge in [-0.2, -0.15) is 0 Å². The zero-order valence-corrected chi connectivity index (χ0v) is 5.98. The summed E-state index contributed by atoms with van der Waals surface area (Å²) in [7, 11) is 0. The van der Waals surface area contributed by atoms with E-state index < -0.39 is 0 Å². The van der Waals surface area contributed by atoms with Crippen LogP contribution >= 0.6 is 0 Å². The monoisotopic (exact) mass is 127 g/mol. The van der Waals surface area contributed by atoms with Gasteiger partial charge in [-0.05, 0) is 19.4 Å². The van der Waals surface area contributed by atoms with Gasteiger partial charge in [0.2, 0.25) is 5.91 Å². The van der Waals surface area contributed by atoms with Gasteiger partial charge in [-0.1, -0.05) is 13.0 Å².